The molecule has 0 aliphatic carbocycles. The van der Waals surface area contributed by atoms with E-state index in [1.54, 1.807) is 38.5 Å². The van der Waals surface area contributed by atoms with Crippen LogP contribution in [0.4, 0.5) is 0 Å². The van der Waals surface area contributed by atoms with Crippen LogP contribution in [0, 0.1) is 0 Å². The molecular weight excluding hydrogens is 268 g/mol. The highest BCUT2D eigenvalue weighted by Crippen LogP contribution is 2.39. The van der Waals surface area contributed by atoms with E-state index in [-0.39, 0.29) is 5.78 Å². The lowest BCUT2D eigenvalue weighted by Gasteiger charge is -2.04. The van der Waals surface area contributed by atoms with Crippen LogP contribution in [0.3, 0.4) is 0 Å². The molecule has 0 unspecified atom stereocenters. The topological polar surface area (TPSA) is 44.8 Å². The zero-order chi connectivity index (χ0) is 14.8. The number of carbonyl (C=O) groups is 1. The van der Waals surface area contributed by atoms with Gasteiger partial charge in [0.15, 0.2) is 17.3 Å². The van der Waals surface area contributed by atoms with Crippen molar-refractivity contribution in [1.29, 1.82) is 0 Å². The van der Waals surface area contributed by atoms with E-state index in [0.717, 1.165) is 11.3 Å². The first-order valence-electron chi connectivity index (χ1n) is 6.48. The molecule has 4 heteroatoms. The zero-order valence-electron chi connectivity index (χ0n) is 11.8. The Bertz CT molecular complexity index is 714. The van der Waals surface area contributed by atoms with Gasteiger partial charge >= 0.3 is 0 Å². The summed E-state index contributed by atoms with van der Waals surface area (Å²) in [5, 5.41) is 0. The minimum atomic E-state index is -0.139. The number of allylic oxidation sites excluding steroid dienone is 1. The van der Waals surface area contributed by atoms with E-state index in [0.29, 0.717) is 22.8 Å². The monoisotopic (exact) mass is 282 g/mol. The highest BCUT2D eigenvalue weighted by Gasteiger charge is 2.29. The van der Waals surface area contributed by atoms with Gasteiger partial charge in [0, 0.05) is 0 Å². The van der Waals surface area contributed by atoms with Crippen LogP contribution in [-0.2, 0) is 0 Å². The molecule has 0 radical (unpaired) electrons. The smallest absolute Gasteiger partial charge is 0.232 e. The average Bonchev–Trinajstić information content (AvgIpc) is 2.84. The highest BCUT2D eigenvalue weighted by molar-refractivity contribution is 6.15. The Hall–Kier alpha value is -2.75. The van der Waals surface area contributed by atoms with Crippen LogP contribution >= 0.6 is 0 Å². The van der Waals surface area contributed by atoms with E-state index in [9.17, 15) is 4.79 Å². The van der Waals surface area contributed by atoms with Gasteiger partial charge in [-0.1, -0.05) is 18.2 Å². The van der Waals surface area contributed by atoms with Gasteiger partial charge in [0.1, 0.15) is 5.75 Å². The lowest BCUT2D eigenvalue weighted by atomic mass is 10.1. The summed E-state index contributed by atoms with van der Waals surface area (Å²) in [5.74, 6) is 1.95. The Balaban J connectivity index is 1.94. The fourth-order valence-corrected chi connectivity index (χ4v) is 2.20. The maximum Gasteiger partial charge on any atom is 0.232 e. The molecule has 0 bridgehead atoms. The Labute approximate surface area is 122 Å². The van der Waals surface area contributed by atoms with E-state index in [1.807, 2.05) is 24.3 Å². The Morgan fingerprint density at radius 3 is 2.43 bits per heavy atom. The van der Waals surface area contributed by atoms with Crippen molar-refractivity contribution in [3.05, 3.63) is 59.4 Å². The summed E-state index contributed by atoms with van der Waals surface area (Å²) in [7, 11) is 3.16. The minimum absolute atomic E-state index is 0.139. The first kappa shape index (κ1) is 13.2. The van der Waals surface area contributed by atoms with Crippen molar-refractivity contribution in [3.8, 4) is 17.2 Å². The number of ether oxygens (including phenoxy) is 3. The number of carbonyl (C=O) groups excluding carboxylic acids is 1. The molecule has 1 aliphatic heterocycles. The third-order valence-corrected chi connectivity index (χ3v) is 3.29. The molecule has 0 fully saturated rings. The van der Waals surface area contributed by atoms with Crippen molar-refractivity contribution in [2.45, 2.75) is 0 Å². The number of hydrogen-bond donors (Lipinski definition) is 0. The van der Waals surface area contributed by atoms with Crippen molar-refractivity contribution in [2.24, 2.45) is 0 Å². The van der Waals surface area contributed by atoms with Gasteiger partial charge in [-0.3, -0.25) is 4.79 Å². The molecule has 0 aromatic heterocycles. The molecule has 21 heavy (non-hydrogen) atoms. The van der Waals surface area contributed by atoms with E-state index in [1.165, 1.54) is 0 Å². The van der Waals surface area contributed by atoms with Gasteiger partial charge in [-0.25, -0.2) is 0 Å². The molecule has 0 N–H and O–H groups in total. The van der Waals surface area contributed by atoms with Crippen LogP contribution < -0.4 is 14.2 Å². The quantitative estimate of drug-likeness (QED) is 0.810. The number of Topliss-reactive ketones (excluding diaryl/α,β-unsaturated/α-hetero) is 1. The number of benzene rings is 2. The van der Waals surface area contributed by atoms with Crippen LogP contribution in [0.1, 0.15) is 15.9 Å². The molecule has 0 saturated heterocycles. The molecule has 1 aliphatic rings. The average molecular weight is 282 g/mol. The van der Waals surface area contributed by atoms with Gasteiger partial charge in [-0.15, -0.1) is 0 Å². The van der Waals surface area contributed by atoms with Crippen LogP contribution in [-0.4, -0.2) is 20.0 Å². The normalized spacial score (nSPS) is 14.8. The Kier molecular flexibility index (Phi) is 3.36. The maximum absolute atomic E-state index is 12.3. The first-order chi connectivity index (χ1) is 10.2. The molecule has 4 nitrogen and oxygen atoms in total. The number of methoxy groups -OCH3 is 2. The van der Waals surface area contributed by atoms with E-state index >= 15 is 0 Å². The maximum atomic E-state index is 12.3. The second kappa shape index (κ2) is 5.32. The van der Waals surface area contributed by atoms with Gasteiger partial charge in [-0.2, -0.15) is 0 Å². The van der Waals surface area contributed by atoms with Crippen LogP contribution in [0.25, 0.3) is 6.08 Å². The number of hydrogen-bond acceptors (Lipinski definition) is 4. The Morgan fingerprint density at radius 2 is 1.76 bits per heavy atom. The number of ketones is 1. The summed E-state index contributed by atoms with van der Waals surface area (Å²) in [6.45, 7) is 0. The molecule has 2 aromatic carbocycles. The number of para-hydroxylation sites is 1. The second-order valence-corrected chi connectivity index (χ2v) is 4.55. The molecule has 0 spiro atoms. The summed E-state index contributed by atoms with van der Waals surface area (Å²) in [5.41, 5.74) is 1.39. The fraction of sp³-hybridized carbons (Fsp3) is 0.118. The summed E-state index contributed by atoms with van der Waals surface area (Å²) in [4.78, 5) is 12.3. The standard InChI is InChI=1S/C17H14O4/c1-19-12-8-6-11(7-9-12)10-15-16(18)13-4-3-5-14(20-2)17(13)21-15/h3-10H,1-2H3/b15-10-. The molecule has 3 rings (SSSR count). The molecule has 1 heterocycles. The lowest BCUT2D eigenvalue weighted by Crippen LogP contribution is -1.97. The zero-order valence-corrected chi connectivity index (χ0v) is 11.8. The molecule has 0 saturated carbocycles. The van der Waals surface area contributed by atoms with Crippen molar-refractivity contribution in [3.63, 3.8) is 0 Å². The van der Waals surface area contributed by atoms with Gasteiger partial charge in [0.05, 0.1) is 19.8 Å². The molecular formula is C17H14O4. The summed E-state index contributed by atoms with van der Waals surface area (Å²) in [6, 6.07) is 12.7. The van der Waals surface area contributed by atoms with Crippen molar-refractivity contribution in [2.75, 3.05) is 14.2 Å². The molecule has 0 amide bonds. The summed E-state index contributed by atoms with van der Waals surface area (Å²) in [6.07, 6.45) is 1.71. The van der Waals surface area contributed by atoms with Crippen LogP contribution in [0.5, 0.6) is 17.2 Å². The first-order valence-corrected chi connectivity index (χ1v) is 6.48. The summed E-state index contributed by atoms with van der Waals surface area (Å²) >= 11 is 0. The van der Waals surface area contributed by atoms with Gasteiger partial charge in [-0.05, 0) is 35.9 Å². The predicted molar refractivity (Wildman–Crippen MR) is 78.9 cm³/mol. The minimum Gasteiger partial charge on any atom is -0.497 e. The van der Waals surface area contributed by atoms with E-state index in [2.05, 4.69) is 0 Å². The van der Waals surface area contributed by atoms with E-state index < -0.39 is 0 Å². The number of fused-ring (bicyclic) bond motifs is 1. The fourth-order valence-electron chi connectivity index (χ4n) is 2.20. The van der Waals surface area contributed by atoms with Crippen molar-refractivity contribution < 1.29 is 19.0 Å². The largest absolute Gasteiger partial charge is 0.497 e. The van der Waals surface area contributed by atoms with Crippen LogP contribution in [0.15, 0.2) is 48.2 Å². The Morgan fingerprint density at radius 1 is 1.00 bits per heavy atom. The molecule has 106 valence electrons. The van der Waals surface area contributed by atoms with E-state index in [4.69, 9.17) is 14.2 Å². The number of rotatable bonds is 3. The van der Waals surface area contributed by atoms with Gasteiger partial charge in [0.25, 0.3) is 0 Å². The van der Waals surface area contributed by atoms with Crippen molar-refractivity contribution in [1.82, 2.24) is 0 Å². The second-order valence-electron chi connectivity index (χ2n) is 4.55. The lowest BCUT2D eigenvalue weighted by molar-refractivity contribution is 0.101. The molecule has 0 atom stereocenters. The van der Waals surface area contributed by atoms with Crippen molar-refractivity contribution >= 4 is 11.9 Å². The third-order valence-electron chi connectivity index (χ3n) is 3.29. The van der Waals surface area contributed by atoms with Gasteiger partial charge < -0.3 is 14.2 Å². The molecule has 2 aromatic rings. The van der Waals surface area contributed by atoms with Gasteiger partial charge in [0.2, 0.25) is 5.78 Å². The SMILES string of the molecule is COc1ccc(/C=C2\Oc3c(OC)cccc3C2=O)cc1. The summed E-state index contributed by atoms with van der Waals surface area (Å²) < 4.78 is 16.0. The third kappa shape index (κ3) is 2.36. The van der Waals surface area contributed by atoms with Crippen LogP contribution in [0.2, 0.25) is 0 Å². The predicted octanol–water partition coefficient (Wildman–Crippen LogP) is 3.32. The highest BCUT2D eigenvalue weighted by atomic mass is 16.5.